The molecule has 0 N–H and O–H groups in total. The second-order valence-electron chi connectivity index (χ2n) is 14.0. The first-order chi connectivity index (χ1) is 22.6. The summed E-state index contributed by atoms with van der Waals surface area (Å²) in [6.45, 7) is 15.0. The van der Waals surface area contributed by atoms with Crippen LogP contribution in [0.25, 0.3) is 0 Å². The Kier molecular flexibility index (Phi) is 35.4. The number of hydrogen-bond donors (Lipinski definition) is 0. The van der Waals surface area contributed by atoms with Gasteiger partial charge in [-0.05, 0) is 77.7 Å². The first-order valence-electron chi connectivity index (χ1n) is 20.3. The van der Waals surface area contributed by atoms with Crippen molar-refractivity contribution >= 4 is 12.7 Å². The Morgan fingerprint density at radius 3 is 1.48 bits per heavy atom. The molecule has 0 rings (SSSR count). The van der Waals surface area contributed by atoms with Gasteiger partial charge in [-0.25, -0.2) is 0 Å². The highest BCUT2D eigenvalue weighted by atomic mass is 16.5. The molecule has 5 heteroatoms. The summed E-state index contributed by atoms with van der Waals surface area (Å²) in [4.78, 5) is 21.5. The van der Waals surface area contributed by atoms with Crippen LogP contribution in [0.1, 0.15) is 201 Å². The Bertz CT molecular complexity index is 652. The molecule has 0 aliphatic rings. The van der Waals surface area contributed by atoms with E-state index in [1.165, 1.54) is 167 Å². The number of carbonyl (C=O) groups is 1. The van der Waals surface area contributed by atoms with Crippen molar-refractivity contribution in [2.24, 2.45) is 4.99 Å². The van der Waals surface area contributed by atoms with E-state index < -0.39 is 0 Å². The van der Waals surface area contributed by atoms with Crippen molar-refractivity contribution in [3.63, 3.8) is 0 Å². The minimum absolute atomic E-state index is 0.0477. The van der Waals surface area contributed by atoms with E-state index in [0.29, 0.717) is 6.42 Å². The van der Waals surface area contributed by atoms with Crippen LogP contribution in [0.2, 0.25) is 0 Å². The molecule has 46 heavy (non-hydrogen) atoms. The Labute approximate surface area is 288 Å². The highest BCUT2D eigenvalue weighted by molar-refractivity contribution is 5.69. The fourth-order valence-corrected chi connectivity index (χ4v) is 6.35. The van der Waals surface area contributed by atoms with Gasteiger partial charge in [0.25, 0.3) is 0 Å². The number of carbonyl (C=O) groups excluding carboxylic acids is 1. The van der Waals surface area contributed by atoms with Gasteiger partial charge in [0, 0.05) is 32.4 Å². The third-order valence-corrected chi connectivity index (χ3v) is 9.40. The van der Waals surface area contributed by atoms with Crippen LogP contribution in [-0.2, 0) is 9.53 Å². The molecule has 0 saturated carbocycles. The number of ether oxygens (including phenoxy) is 1. The van der Waals surface area contributed by atoms with Gasteiger partial charge in [0.1, 0.15) is 6.10 Å². The average molecular weight is 648 g/mol. The van der Waals surface area contributed by atoms with E-state index >= 15 is 0 Å². The number of unbranched alkanes of at least 4 members (excludes halogenated alkanes) is 20. The van der Waals surface area contributed by atoms with Crippen LogP contribution in [0.3, 0.4) is 0 Å². The lowest BCUT2D eigenvalue weighted by Crippen LogP contribution is -2.29. The van der Waals surface area contributed by atoms with Crippen molar-refractivity contribution < 1.29 is 9.53 Å². The van der Waals surface area contributed by atoms with Crippen LogP contribution in [-0.4, -0.2) is 61.8 Å². The number of aliphatic imine (C=N–C) groups is 1. The molecule has 0 bridgehead atoms. The maximum atomic E-state index is 12.7. The molecule has 0 saturated heterocycles. The van der Waals surface area contributed by atoms with Crippen molar-refractivity contribution in [3.8, 4) is 0 Å². The summed E-state index contributed by atoms with van der Waals surface area (Å²) in [5.41, 5.74) is 0. The van der Waals surface area contributed by atoms with Crippen LogP contribution in [0.5, 0.6) is 0 Å². The zero-order chi connectivity index (χ0) is 33.8. The van der Waals surface area contributed by atoms with E-state index in [1.807, 2.05) is 6.20 Å². The van der Waals surface area contributed by atoms with Crippen LogP contribution < -0.4 is 0 Å². The first kappa shape index (κ1) is 44.6. The topological polar surface area (TPSA) is 45.1 Å². The van der Waals surface area contributed by atoms with Crippen LogP contribution in [0, 0.1) is 0 Å². The van der Waals surface area contributed by atoms with Gasteiger partial charge in [-0.3, -0.25) is 9.79 Å². The maximum absolute atomic E-state index is 12.7. The van der Waals surface area contributed by atoms with E-state index in [0.717, 1.165) is 32.2 Å². The zero-order valence-electron chi connectivity index (χ0n) is 31.7. The Balaban J connectivity index is 4.34. The lowest BCUT2D eigenvalue weighted by Gasteiger charge is -2.23. The van der Waals surface area contributed by atoms with Gasteiger partial charge in [0.15, 0.2) is 0 Å². The van der Waals surface area contributed by atoms with Gasteiger partial charge in [-0.1, -0.05) is 143 Å². The average Bonchev–Trinajstić information content (AvgIpc) is 3.05. The highest BCUT2D eigenvalue weighted by Gasteiger charge is 2.14. The number of esters is 1. The summed E-state index contributed by atoms with van der Waals surface area (Å²) >= 11 is 0. The predicted molar refractivity (Wildman–Crippen MR) is 204 cm³/mol. The third kappa shape index (κ3) is 32.6. The molecule has 0 amide bonds. The second kappa shape index (κ2) is 36.5. The Hall–Kier alpha value is -1.36. The quantitative estimate of drug-likeness (QED) is 0.0382. The normalized spacial score (nSPS) is 11.7. The fraction of sp³-hybridized carbons (Fsp3) is 0.902. The van der Waals surface area contributed by atoms with Gasteiger partial charge in [0.05, 0.1) is 0 Å². The molecule has 0 spiro atoms. The van der Waals surface area contributed by atoms with Gasteiger partial charge in [-0.2, -0.15) is 0 Å². The molecule has 0 aromatic rings. The molecule has 272 valence electrons. The molecule has 0 fully saturated rings. The second-order valence-corrected chi connectivity index (χ2v) is 14.0. The van der Waals surface area contributed by atoms with Crippen molar-refractivity contribution in [2.45, 2.75) is 207 Å². The Morgan fingerprint density at radius 1 is 0.587 bits per heavy atom. The van der Waals surface area contributed by atoms with Crippen LogP contribution >= 0.6 is 0 Å². The van der Waals surface area contributed by atoms with Crippen molar-refractivity contribution in [2.75, 3.05) is 33.2 Å². The van der Waals surface area contributed by atoms with E-state index in [4.69, 9.17) is 4.74 Å². The lowest BCUT2D eigenvalue weighted by atomic mass is 10.0. The molecule has 0 aliphatic carbocycles. The highest BCUT2D eigenvalue weighted by Crippen LogP contribution is 2.18. The molecule has 0 aliphatic heterocycles. The number of rotatable bonds is 37. The smallest absolute Gasteiger partial charge is 0.306 e. The summed E-state index contributed by atoms with van der Waals surface area (Å²) < 4.78 is 6.05. The molecule has 0 aromatic carbocycles. The summed E-state index contributed by atoms with van der Waals surface area (Å²) in [5.74, 6) is 0.0477. The Morgan fingerprint density at radius 2 is 1.00 bits per heavy atom. The molecular weight excluding hydrogens is 566 g/mol. The van der Waals surface area contributed by atoms with E-state index in [1.54, 1.807) is 6.20 Å². The monoisotopic (exact) mass is 648 g/mol. The third-order valence-electron chi connectivity index (χ3n) is 9.40. The predicted octanol–water partition coefficient (Wildman–Crippen LogP) is 12.3. The minimum Gasteiger partial charge on any atom is -0.462 e. The minimum atomic E-state index is 0.0477. The standard InChI is InChI=1S/C41H81N3O2/c1-6-9-12-15-18-23-28-36-44(38-30-35-43(5)39-34-42-4)37-29-24-19-22-27-33-41(45)46-40(31-25-20-16-13-10-7-2)32-26-21-17-14-11-8-3/h34,39-40H,4,6-33,35-38H2,1-3,5H3/b39-34-. The zero-order valence-corrected chi connectivity index (χ0v) is 31.7. The van der Waals surface area contributed by atoms with Gasteiger partial charge in [0.2, 0.25) is 0 Å². The summed E-state index contributed by atoms with van der Waals surface area (Å²) in [7, 11) is 2.11. The van der Waals surface area contributed by atoms with E-state index in [-0.39, 0.29) is 12.1 Å². The molecule has 5 nitrogen and oxygen atoms in total. The van der Waals surface area contributed by atoms with E-state index in [2.05, 4.69) is 49.3 Å². The maximum Gasteiger partial charge on any atom is 0.306 e. The first-order valence-corrected chi connectivity index (χ1v) is 20.3. The van der Waals surface area contributed by atoms with Gasteiger partial charge < -0.3 is 14.5 Å². The lowest BCUT2D eigenvalue weighted by molar-refractivity contribution is -0.150. The molecule has 0 radical (unpaired) electrons. The number of hydrogen-bond acceptors (Lipinski definition) is 5. The summed E-state index contributed by atoms with van der Waals surface area (Å²) in [6, 6.07) is 0. The number of nitrogens with zero attached hydrogens (tertiary/aromatic N) is 3. The molecule has 0 heterocycles. The van der Waals surface area contributed by atoms with Gasteiger partial charge >= 0.3 is 5.97 Å². The molecule has 0 aromatic heterocycles. The summed E-state index contributed by atoms with van der Waals surface area (Å²) in [6.07, 6.45) is 38.8. The SMILES string of the molecule is C=N/C=C\N(C)CCCN(CCCCCCCCC)CCCCCCCC(=O)OC(CCCCCCCC)CCCCCCCC. The summed E-state index contributed by atoms with van der Waals surface area (Å²) in [5, 5.41) is 0. The fourth-order valence-electron chi connectivity index (χ4n) is 6.35. The van der Waals surface area contributed by atoms with Crippen molar-refractivity contribution in [1.29, 1.82) is 0 Å². The van der Waals surface area contributed by atoms with Crippen molar-refractivity contribution in [1.82, 2.24) is 9.80 Å². The van der Waals surface area contributed by atoms with Crippen LogP contribution in [0.4, 0.5) is 0 Å². The molecule has 0 atom stereocenters. The van der Waals surface area contributed by atoms with Crippen molar-refractivity contribution in [3.05, 3.63) is 12.4 Å². The molecule has 0 unspecified atom stereocenters. The van der Waals surface area contributed by atoms with E-state index in [9.17, 15) is 4.79 Å². The molecular formula is C41H81N3O2. The van der Waals surface area contributed by atoms with Gasteiger partial charge in [-0.15, -0.1) is 0 Å². The van der Waals surface area contributed by atoms with Crippen LogP contribution in [0.15, 0.2) is 17.4 Å². The largest absolute Gasteiger partial charge is 0.462 e.